The van der Waals surface area contributed by atoms with Gasteiger partial charge < -0.3 is 18.8 Å². The fourth-order valence-corrected chi connectivity index (χ4v) is 4.73. The molecule has 1 atom stereocenters. The molecule has 1 aromatic carbocycles. The molecule has 1 heterocycles. The number of rotatable bonds is 8. The van der Waals surface area contributed by atoms with Gasteiger partial charge in [0, 0.05) is 33.6 Å². The van der Waals surface area contributed by atoms with Gasteiger partial charge in [-0.25, -0.2) is 14.4 Å². The summed E-state index contributed by atoms with van der Waals surface area (Å²) in [5.41, 5.74) is 0.898. The third-order valence-corrected chi connectivity index (χ3v) is 5.51. The molecule has 32 heavy (non-hydrogen) atoms. The summed E-state index contributed by atoms with van der Waals surface area (Å²) in [7, 11) is 1.80. The van der Waals surface area contributed by atoms with Gasteiger partial charge in [-0.15, -0.1) is 0 Å². The summed E-state index contributed by atoms with van der Waals surface area (Å²) >= 11 is 7.00. The zero-order chi connectivity index (χ0) is 24.2. The van der Waals surface area contributed by atoms with E-state index in [1.54, 1.807) is 41.7 Å². The summed E-state index contributed by atoms with van der Waals surface area (Å²) in [6.45, 7) is 8.87. The molecule has 2 aromatic rings. The first kappa shape index (κ1) is 26.3. The SMILES string of the molecule is CCOC(=O)c1c(CNC(C(=O)OCC)C(=O)OC(C)(C)C)n(C)c2c(Br)cc(Br)cc12. The average Bonchev–Trinajstić information content (AvgIpc) is 2.92. The number of nitrogens with one attached hydrogen (secondary N) is 1. The van der Waals surface area contributed by atoms with Crippen LogP contribution in [0.1, 0.15) is 50.7 Å². The van der Waals surface area contributed by atoms with Gasteiger partial charge in [0.1, 0.15) is 5.60 Å². The van der Waals surface area contributed by atoms with Crippen LogP contribution >= 0.6 is 31.9 Å². The third kappa shape index (κ3) is 6.11. The number of ether oxygens (including phenoxy) is 3. The van der Waals surface area contributed by atoms with E-state index in [2.05, 4.69) is 37.2 Å². The van der Waals surface area contributed by atoms with Crippen molar-refractivity contribution in [2.45, 2.75) is 52.8 Å². The van der Waals surface area contributed by atoms with Crippen molar-refractivity contribution in [3.8, 4) is 0 Å². The fourth-order valence-electron chi connectivity index (χ4n) is 3.24. The maximum atomic E-state index is 12.8. The van der Waals surface area contributed by atoms with Crippen LogP contribution in [0.3, 0.4) is 0 Å². The van der Waals surface area contributed by atoms with Crippen molar-refractivity contribution < 1.29 is 28.6 Å². The van der Waals surface area contributed by atoms with E-state index in [9.17, 15) is 14.4 Å². The van der Waals surface area contributed by atoms with E-state index in [0.717, 1.165) is 14.5 Å². The topological polar surface area (TPSA) is 95.9 Å². The lowest BCUT2D eigenvalue weighted by Crippen LogP contribution is -2.47. The molecule has 0 aliphatic rings. The van der Waals surface area contributed by atoms with E-state index in [0.29, 0.717) is 16.6 Å². The van der Waals surface area contributed by atoms with Gasteiger partial charge in [0.15, 0.2) is 0 Å². The van der Waals surface area contributed by atoms with Gasteiger partial charge in [-0.05, 0) is 62.7 Å². The molecule has 0 bridgehead atoms. The van der Waals surface area contributed by atoms with Crippen LogP contribution in [-0.4, -0.2) is 47.3 Å². The Morgan fingerprint density at radius 1 is 1.06 bits per heavy atom. The number of hydrogen-bond acceptors (Lipinski definition) is 7. The minimum absolute atomic E-state index is 0.0200. The van der Waals surface area contributed by atoms with Crippen molar-refractivity contribution >= 4 is 60.7 Å². The number of carbonyl (C=O) groups is 3. The lowest BCUT2D eigenvalue weighted by atomic mass is 10.1. The maximum absolute atomic E-state index is 12.8. The van der Waals surface area contributed by atoms with Gasteiger partial charge in [0.05, 0.1) is 24.3 Å². The zero-order valence-corrected chi connectivity index (χ0v) is 22.2. The van der Waals surface area contributed by atoms with E-state index in [1.165, 1.54) is 0 Å². The normalized spacial score (nSPS) is 12.5. The molecule has 8 nitrogen and oxygen atoms in total. The molecule has 0 amide bonds. The Labute approximate surface area is 204 Å². The minimum Gasteiger partial charge on any atom is -0.464 e. The number of aryl methyl sites for hydroxylation is 1. The Balaban J connectivity index is 2.51. The Kier molecular flexibility index (Phi) is 8.90. The monoisotopic (exact) mass is 574 g/mol. The van der Waals surface area contributed by atoms with Gasteiger partial charge in [-0.3, -0.25) is 5.32 Å². The predicted molar refractivity (Wildman–Crippen MR) is 127 cm³/mol. The lowest BCUT2D eigenvalue weighted by Gasteiger charge is -2.24. The number of aromatic nitrogens is 1. The fraction of sp³-hybridized carbons (Fsp3) is 0.500. The number of benzene rings is 1. The number of hydrogen-bond donors (Lipinski definition) is 1. The Morgan fingerprint density at radius 2 is 1.69 bits per heavy atom. The first-order valence-corrected chi connectivity index (χ1v) is 11.8. The third-order valence-electron chi connectivity index (χ3n) is 4.44. The second-order valence-corrected chi connectivity index (χ2v) is 9.75. The quantitative estimate of drug-likeness (QED) is 0.286. The van der Waals surface area contributed by atoms with Crippen LogP contribution in [0.15, 0.2) is 21.1 Å². The molecular formula is C22H28Br2N2O6. The molecule has 176 valence electrons. The van der Waals surface area contributed by atoms with E-state index in [-0.39, 0.29) is 19.8 Å². The van der Waals surface area contributed by atoms with Crippen molar-refractivity contribution in [3.63, 3.8) is 0 Å². The van der Waals surface area contributed by atoms with Crippen LogP contribution < -0.4 is 5.32 Å². The summed E-state index contributed by atoms with van der Waals surface area (Å²) in [6.07, 6.45) is 0. The van der Waals surface area contributed by atoms with Crippen LogP contribution in [0.25, 0.3) is 10.9 Å². The zero-order valence-electron chi connectivity index (χ0n) is 19.0. The first-order chi connectivity index (χ1) is 14.9. The van der Waals surface area contributed by atoms with Gasteiger partial charge in [0.25, 0.3) is 0 Å². The lowest BCUT2D eigenvalue weighted by molar-refractivity contribution is -0.165. The van der Waals surface area contributed by atoms with E-state index in [1.807, 2.05) is 16.7 Å². The van der Waals surface area contributed by atoms with Crippen molar-refractivity contribution in [1.82, 2.24) is 9.88 Å². The largest absolute Gasteiger partial charge is 0.464 e. The molecule has 0 spiro atoms. The summed E-state index contributed by atoms with van der Waals surface area (Å²) < 4.78 is 19.1. The minimum atomic E-state index is -1.35. The van der Waals surface area contributed by atoms with Gasteiger partial charge in [-0.2, -0.15) is 0 Å². The highest BCUT2D eigenvalue weighted by Gasteiger charge is 2.33. The van der Waals surface area contributed by atoms with E-state index in [4.69, 9.17) is 14.2 Å². The standard InChI is InChI=1S/C22H28Br2N2O6/c1-7-30-19(27)16-13-9-12(23)10-14(24)18(13)26(6)15(16)11-25-17(20(28)31-8-2)21(29)32-22(3,4)5/h9-10,17,25H,7-8,11H2,1-6H3. The molecule has 1 N–H and O–H groups in total. The number of halogens is 2. The van der Waals surface area contributed by atoms with Crippen LogP contribution in [0.2, 0.25) is 0 Å². The van der Waals surface area contributed by atoms with Gasteiger partial charge in [0.2, 0.25) is 6.04 Å². The van der Waals surface area contributed by atoms with Crippen LogP contribution in [0.4, 0.5) is 0 Å². The Bertz CT molecular complexity index is 1030. The number of esters is 3. The molecule has 0 saturated carbocycles. The molecule has 10 heteroatoms. The second kappa shape index (κ2) is 10.8. The molecule has 0 aliphatic heterocycles. The molecular weight excluding hydrogens is 548 g/mol. The van der Waals surface area contributed by atoms with E-state index >= 15 is 0 Å². The molecule has 2 rings (SSSR count). The summed E-state index contributed by atoms with van der Waals surface area (Å²) in [4.78, 5) is 38.0. The molecule has 0 saturated heterocycles. The Morgan fingerprint density at radius 3 is 2.25 bits per heavy atom. The molecule has 0 aliphatic carbocycles. The smallest absolute Gasteiger partial charge is 0.340 e. The van der Waals surface area contributed by atoms with Crippen molar-refractivity contribution in [3.05, 3.63) is 32.3 Å². The highest BCUT2D eigenvalue weighted by atomic mass is 79.9. The number of carbonyl (C=O) groups excluding carboxylic acids is 3. The van der Waals surface area contributed by atoms with Crippen LogP contribution in [0.5, 0.6) is 0 Å². The molecule has 0 radical (unpaired) electrons. The number of fused-ring (bicyclic) bond motifs is 1. The highest BCUT2D eigenvalue weighted by molar-refractivity contribution is 9.11. The van der Waals surface area contributed by atoms with Crippen molar-refractivity contribution in [1.29, 1.82) is 0 Å². The highest BCUT2D eigenvalue weighted by Crippen LogP contribution is 2.34. The molecule has 1 aromatic heterocycles. The van der Waals surface area contributed by atoms with E-state index < -0.39 is 29.6 Å². The average molecular weight is 576 g/mol. The first-order valence-electron chi connectivity index (χ1n) is 10.2. The number of nitrogens with zero attached hydrogens (tertiary/aromatic N) is 1. The van der Waals surface area contributed by atoms with Crippen LogP contribution in [0, 0.1) is 0 Å². The summed E-state index contributed by atoms with van der Waals surface area (Å²) in [5, 5.41) is 3.59. The summed E-state index contributed by atoms with van der Waals surface area (Å²) in [6, 6.07) is 2.35. The van der Waals surface area contributed by atoms with Crippen LogP contribution in [-0.2, 0) is 37.4 Å². The molecule has 1 unspecified atom stereocenters. The maximum Gasteiger partial charge on any atom is 0.340 e. The molecule has 0 fully saturated rings. The second-order valence-electron chi connectivity index (χ2n) is 7.98. The van der Waals surface area contributed by atoms with Gasteiger partial charge in [-0.1, -0.05) is 15.9 Å². The van der Waals surface area contributed by atoms with Crippen molar-refractivity contribution in [2.24, 2.45) is 7.05 Å². The van der Waals surface area contributed by atoms with Crippen molar-refractivity contribution in [2.75, 3.05) is 13.2 Å². The predicted octanol–water partition coefficient (Wildman–Crippen LogP) is 4.24. The summed E-state index contributed by atoms with van der Waals surface area (Å²) in [5.74, 6) is -2.00. The van der Waals surface area contributed by atoms with Gasteiger partial charge >= 0.3 is 17.9 Å². The Hall–Kier alpha value is -1.91.